The molecule has 2 aromatic rings. The van der Waals surface area contributed by atoms with Gasteiger partial charge in [0.25, 0.3) is 0 Å². The van der Waals surface area contributed by atoms with Gasteiger partial charge in [-0.3, -0.25) is 9.59 Å². The van der Waals surface area contributed by atoms with Crippen molar-refractivity contribution in [1.29, 1.82) is 0 Å². The Kier molecular flexibility index (Phi) is 7.44. The zero-order valence-electron chi connectivity index (χ0n) is 21.0. The molecule has 0 spiro atoms. The van der Waals surface area contributed by atoms with Crippen molar-refractivity contribution in [2.75, 3.05) is 0 Å². The number of ketones is 1. The Bertz CT molecular complexity index is 1350. The van der Waals surface area contributed by atoms with Gasteiger partial charge in [-0.15, -0.1) is 0 Å². The summed E-state index contributed by atoms with van der Waals surface area (Å²) in [5, 5.41) is 19.0. The van der Waals surface area contributed by atoms with Gasteiger partial charge >= 0.3 is 11.9 Å². The van der Waals surface area contributed by atoms with Crippen LogP contribution < -0.4 is 0 Å². The molecule has 2 aliphatic carbocycles. The van der Waals surface area contributed by atoms with Crippen molar-refractivity contribution >= 4 is 64.1 Å². The van der Waals surface area contributed by atoms with Crippen LogP contribution in [-0.4, -0.2) is 27.9 Å². The van der Waals surface area contributed by atoms with Crippen LogP contribution in [0.25, 0.3) is 0 Å². The zero-order chi connectivity index (χ0) is 27.6. The molecular weight excluding hydrogens is 558 g/mol. The standard InChI is InChI=1S/C28H28Cl4O5/c1-12(2)14-10-13-6-7-17-27(3,8-5-9-28(17,4)26(36)37)16(13)11-15(14)24(33)18-19(25(34)35)21(30)23(32)22(31)20(18)29/h10-12,17H,5-9H2,1-4H3,(H,34,35)(H,36,37). The second kappa shape index (κ2) is 9.75. The normalized spacial score (nSPS) is 24.9. The number of carbonyl (C=O) groups excluding carboxylic acids is 1. The van der Waals surface area contributed by atoms with Gasteiger partial charge in [0.2, 0.25) is 0 Å². The number of aryl methyl sites for hydroxylation is 1. The lowest BCUT2D eigenvalue weighted by Crippen LogP contribution is -2.52. The van der Waals surface area contributed by atoms with Crippen LogP contribution in [0.2, 0.25) is 20.1 Å². The molecule has 2 aliphatic rings. The van der Waals surface area contributed by atoms with Crippen LogP contribution in [0.1, 0.15) is 102 Å². The third-order valence-corrected chi connectivity index (χ3v) is 10.4. The van der Waals surface area contributed by atoms with E-state index in [1.165, 1.54) is 0 Å². The van der Waals surface area contributed by atoms with Gasteiger partial charge in [0.05, 0.1) is 36.6 Å². The van der Waals surface area contributed by atoms with E-state index in [9.17, 15) is 24.6 Å². The summed E-state index contributed by atoms with van der Waals surface area (Å²) in [6.07, 6.45) is 3.60. The molecule has 0 bridgehead atoms. The van der Waals surface area contributed by atoms with Gasteiger partial charge in [-0.05, 0) is 72.6 Å². The molecule has 198 valence electrons. The molecule has 1 fully saturated rings. The van der Waals surface area contributed by atoms with E-state index < -0.39 is 34.1 Å². The third-order valence-electron chi connectivity index (χ3n) is 8.59. The number of hydrogen-bond donors (Lipinski definition) is 2. The SMILES string of the molecule is CC(C)c1cc2c(cc1C(=O)c1c(Cl)c(Cl)c(Cl)c(Cl)c1C(=O)O)C1(C)CCCC(C)(C(=O)O)C1CC2. The van der Waals surface area contributed by atoms with Gasteiger partial charge in [-0.1, -0.05) is 79.7 Å². The topological polar surface area (TPSA) is 91.7 Å². The first-order chi connectivity index (χ1) is 17.2. The Labute approximate surface area is 236 Å². The Morgan fingerprint density at radius 3 is 2.05 bits per heavy atom. The van der Waals surface area contributed by atoms with Crippen molar-refractivity contribution in [2.24, 2.45) is 11.3 Å². The van der Waals surface area contributed by atoms with Crippen LogP contribution in [0.15, 0.2) is 12.1 Å². The van der Waals surface area contributed by atoms with Gasteiger partial charge in [-0.25, -0.2) is 4.79 Å². The highest BCUT2D eigenvalue weighted by Gasteiger charge is 2.55. The molecule has 0 saturated heterocycles. The van der Waals surface area contributed by atoms with Crippen molar-refractivity contribution in [2.45, 2.75) is 71.1 Å². The third kappa shape index (κ3) is 4.27. The fourth-order valence-electron chi connectivity index (χ4n) is 6.65. The molecule has 3 atom stereocenters. The fourth-order valence-corrected chi connectivity index (χ4v) is 7.67. The summed E-state index contributed by atoms with van der Waals surface area (Å²) in [5.41, 5.74) is 0.925. The number of rotatable bonds is 5. The maximum Gasteiger partial charge on any atom is 0.338 e. The number of halogens is 4. The summed E-state index contributed by atoms with van der Waals surface area (Å²) in [5.74, 6) is -3.03. The molecule has 5 nitrogen and oxygen atoms in total. The van der Waals surface area contributed by atoms with Crippen LogP contribution >= 0.6 is 46.4 Å². The molecule has 2 aromatic carbocycles. The summed E-state index contributed by atoms with van der Waals surface area (Å²) in [7, 11) is 0. The zero-order valence-corrected chi connectivity index (χ0v) is 24.0. The van der Waals surface area contributed by atoms with Gasteiger partial charge in [0.1, 0.15) is 0 Å². The molecule has 37 heavy (non-hydrogen) atoms. The molecule has 3 unspecified atom stereocenters. The maximum absolute atomic E-state index is 14.1. The molecule has 0 heterocycles. The lowest BCUT2D eigenvalue weighted by atomic mass is 9.49. The van der Waals surface area contributed by atoms with E-state index in [1.54, 1.807) is 0 Å². The summed E-state index contributed by atoms with van der Waals surface area (Å²) in [4.78, 5) is 38.6. The van der Waals surface area contributed by atoms with E-state index in [-0.39, 0.29) is 37.5 Å². The number of aromatic carboxylic acids is 1. The first-order valence-corrected chi connectivity index (χ1v) is 13.7. The first kappa shape index (κ1) is 28.2. The van der Waals surface area contributed by atoms with E-state index in [0.717, 1.165) is 36.0 Å². The molecule has 0 radical (unpaired) electrons. The molecule has 1 saturated carbocycles. The minimum atomic E-state index is -1.45. The Hall–Kier alpha value is -1.79. The van der Waals surface area contributed by atoms with Crippen LogP contribution in [0.4, 0.5) is 0 Å². The smallest absolute Gasteiger partial charge is 0.338 e. The molecule has 4 rings (SSSR count). The highest BCUT2D eigenvalue weighted by atomic mass is 35.5. The quantitative estimate of drug-likeness (QED) is 0.209. The van der Waals surface area contributed by atoms with Crippen LogP contribution in [0.5, 0.6) is 0 Å². The number of fused-ring (bicyclic) bond motifs is 3. The number of aliphatic carboxylic acids is 1. The number of benzene rings is 2. The number of carbonyl (C=O) groups is 3. The van der Waals surface area contributed by atoms with E-state index in [1.807, 2.05) is 32.9 Å². The molecule has 2 N–H and O–H groups in total. The van der Waals surface area contributed by atoms with Gasteiger partial charge < -0.3 is 10.2 Å². The molecule has 0 aliphatic heterocycles. The Balaban J connectivity index is 1.99. The maximum atomic E-state index is 14.1. The van der Waals surface area contributed by atoms with E-state index in [0.29, 0.717) is 18.4 Å². The molecule has 0 aromatic heterocycles. The average molecular weight is 586 g/mol. The van der Waals surface area contributed by atoms with Crippen molar-refractivity contribution in [3.8, 4) is 0 Å². The average Bonchev–Trinajstić information content (AvgIpc) is 2.83. The summed E-state index contributed by atoms with van der Waals surface area (Å²) in [6.45, 7) is 7.82. The van der Waals surface area contributed by atoms with E-state index in [2.05, 4.69) is 6.92 Å². The van der Waals surface area contributed by atoms with Gasteiger partial charge in [-0.2, -0.15) is 0 Å². The minimum Gasteiger partial charge on any atom is -0.481 e. The second-order valence-corrected chi connectivity index (χ2v) is 12.5. The highest BCUT2D eigenvalue weighted by Crippen LogP contribution is 2.58. The predicted octanol–water partition coefficient (Wildman–Crippen LogP) is 8.45. The highest BCUT2D eigenvalue weighted by molar-refractivity contribution is 6.54. The lowest BCUT2D eigenvalue weighted by Gasteiger charge is -2.53. The molecular formula is C28H28Cl4O5. The first-order valence-electron chi connectivity index (χ1n) is 12.2. The summed E-state index contributed by atoms with van der Waals surface area (Å²) < 4.78 is 0. The van der Waals surface area contributed by atoms with Crippen LogP contribution in [-0.2, 0) is 16.6 Å². The summed E-state index contributed by atoms with van der Waals surface area (Å²) >= 11 is 25.0. The number of hydrogen-bond acceptors (Lipinski definition) is 3. The molecule has 0 amide bonds. The lowest BCUT2D eigenvalue weighted by molar-refractivity contribution is -0.157. The van der Waals surface area contributed by atoms with Crippen LogP contribution in [0, 0.1) is 11.3 Å². The van der Waals surface area contributed by atoms with Crippen molar-refractivity contribution < 1.29 is 24.6 Å². The second-order valence-electron chi connectivity index (χ2n) is 11.0. The Morgan fingerprint density at radius 1 is 0.919 bits per heavy atom. The summed E-state index contributed by atoms with van der Waals surface area (Å²) in [6, 6.07) is 3.83. The van der Waals surface area contributed by atoms with Crippen molar-refractivity contribution in [3.63, 3.8) is 0 Å². The van der Waals surface area contributed by atoms with Crippen LogP contribution in [0.3, 0.4) is 0 Å². The minimum absolute atomic E-state index is 0.0595. The predicted molar refractivity (Wildman–Crippen MR) is 146 cm³/mol. The number of carboxylic acids is 2. The van der Waals surface area contributed by atoms with Crippen molar-refractivity contribution in [1.82, 2.24) is 0 Å². The largest absolute Gasteiger partial charge is 0.481 e. The monoisotopic (exact) mass is 584 g/mol. The molecule has 9 heteroatoms. The Morgan fingerprint density at radius 2 is 1.51 bits per heavy atom. The van der Waals surface area contributed by atoms with Gasteiger partial charge in [0, 0.05) is 5.56 Å². The van der Waals surface area contributed by atoms with Crippen molar-refractivity contribution in [3.05, 3.63) is 65.6 Å². The number of carboxylic acid groups (broad SMARTS) is 2. The van der Waals surface area contributed by atoms with E-state index >= 15 is 0 Å². The van der Waals surface area contributed by atoms with E-state index in [4.69, 9.17) is 46.4 Å². The fraction of sp³-hybridized carbons (Fsp3) is 0.464. The van der Waals surface area contributed by atoms with Gasteiger partial charge in [0.15, 0.2) is 5.78 Å².